The first-order chi connectivity index (χ1) is 7.02. The molecule has 3 N–H and O–H groups in total. The summed E-state index contributed by atoms with van der Waals surface area (Å²) in [6.07, 6.45) is 2.95. The summed E-state index contributed by atoms with van der Waals surface area (Å²) in [7, 11) is 1.73. The van der Waals surface area contributed by atoms with E-state index in [-0.39, 0.29) is 24.2 Å². The molecule has 1 unspecified atom stereocenters. The van der Waals surface area contributed by atoms with Crippen molar-refractivity contribution in [1.82, 2.24) is 4.90 Å². The summed E-state index contributed by atoms with van der Waals surface area (Å²) < 4.78 is 0. The summed E-state index contributed by atoms with van der Waals surface area (Å²) in [6, 6.07) is 0.177. The normalized spacial score (nSPS) is 13.7. The molecule has 0 aromatic carbocycles. The van der Waals surface area contributed by atoms with Crippen molar-refractivity contribution in [2.24, 2.45) is 10.9 Å². The Labute approximate surface area is 94.7 Å². The molecule has 1 atom stereocenters. The minimum Gasteiger partial charge on any atom is -0.409 e. The predicted molar refractivity (Wildman–Crippen MR) is 63.3 cm³/mol. The first-order valence-electron chi connectivity index (χ1n) is 4.74. The second-order valence-electron chi connectivity index (χ2n) is 3.40. The molecular formula is C9H19N3O2S. The molecule has 0 fully saturated rings. The van der Waals surface area contributed by atoms with Crippen LogP contribution in [0.25, 0.3) is 0 Å². The van der Waals surface area contributed by atoms with Crippen LogP contribution >= 0.6 is 11.8 Å². The molecule has 0 saturated carbocycles. The zero-order chi connectivity index (χ0) is 11.8. The van der Waals surface area contributed by atoms with Gasteiger partial charge in [0.1, 0.15) is 5.84 Å². The van der Waals surface area contributed by atoms with Crippen LogP contribution in [0.2, 0.25) is 0 Å². The van der Waals surface area contributed by atoms with Gasteiger partial charge in [0.15, 0.2) is 0 Å². The van der Waals surface area contributed by atoms with Crippen molar-refractivity contribution in [3.63, 3.8) is 0 Å². The van der Waals surface area contributed by atoms with Gasteiger partial charge in [0.25, 0.3) is 0 Å². The van der Waals surface area contributed by atoms with E-state index in [0.29, 0.717) is 0 Å². The number of rotatable bonds is 6. The van der Waals surface area contributed by atoms with Gasteiger partial charge in [-0.3, -0.25) is 4.79 Å². The highest BCUT2D eigenvalue weighted by Crippen LogP contribution is 2.07. The van der Waals surface area contributed by atoms with E-state index in [1.165, 1.54) is 0 Å². The number of carbonyl (C=O) groups excluding carboxylic acids is 1. The van der Waals surface area contributed by atoms with Crippen LogP contribution in [0.1, 0.15) is 19.8 Å². The molecule has 0 aromatic rings. The Morgan fingerprint density at radius 2 is 2.27 bits per heavy atom. The first-order valence-corrected chi connectivity index (χ1v) is 6.13. The van der Waals surface area contributed by atoms with Crippen LogP contribution in [-0.2, 0) is 4.79 Å². The molecular weight excluding hydrogens is 214 g/mol. The largest absolute Gasteiger partial charge is 0.409 e. The Morgan fingerprint density at radius 3 is 2.73 bits per heavy atom. The maximum Gasteiger partial charge on any atom is 0.230 e. The van der Waals surface area contributed by atoms with Crippen molar-refractivity contribution in [2.75, 3.05) is 19.1 Å². The Hall–Kier alpha value is -0.910. The van der Waals surface area contributed by atoms with Crippen molar-refractivity contribution in [3.05, 3.63) is 0 Å². The molecule has 0 aromatic heterocycles. The van der Waals surface area contributed by atoms with E-state index in [4.69, 9.17) is 10.9 Å². The number of thioether (sulfide) groups is 1. The quantitative estimate of drug-likeness (QED) is 0.307. The lowest BCUT2D eigenvalue weighted by molar-refractivity contribution is -0.130. The van der Waals surface area contributed by atoms with Gasteiger partial charge in [-0.15, -0.1) is 0 Å². The van der Waals surface area contributed by atoms with Gasteiger partial charge in [0.05, 0.1) is 6.42 Å². The number of nitrogens with zero attached hydrogens (tertiary/aromatic N) is 2. The van der Waals surface area contributed by atoms with Gasteiger partial charge < -0.3 is 15.8 Å². The molecule has 0 bridgehead atoms. The van der Waals surface area contributed by atoms with Gasteiger partial charge in [-0.05, 0) is 25.4 Å². The van der Waals surface area contributed by atoms with Crippen LogP contribution in [0.3, 0.4) is 0 Å². The van der Waals surface area contributed by atoms with E-state index in [9.17, 15) is 4.79 Å². The van der Waals surface area contributed by atoms with E-state index >= 15 is 0 Å². The van der Waals surface area contributed by atoms with Crippen molar-refractivity contribution in [1.29, 1.82) is 0 Å². The maximum atomic E-state index is 11.6. The lowest BCUT2D eigenvalue weighted by atomic mass is 10.2. The van der Waals surface area contributed by atoms with E-state index in [1.54, 1.807) is 23.7 Å². The summed E-state index contributed by atoms with van der Waals surface area (Å²) in [4.78, 5) is 13.2. The molecule has 0 rings (SSSR count). The van der Waals surface area contributed by atoms with E-state index in [1.807, 2.05) is 13.2 Å². The highest BCUT2D eigenvalue weighted by molar-refractivity contribution is 7.98. The smallest absolute Gasteiger partial charge is 0.230 e. The van der Waals surface area contributed by atoms with E-state index < -0.39 is 0 Å². The molecule has 0 aliphatic carbocycles. The van der Waals surface area contributed by atoms with Crippen LogP contribution in [-0.4, -0.2) is 46.9 Å². The fraction of sp³-hybridized carbons (Fsp3) is 0.778. The minimum absolute atomic E-state index is 0.0311. The van der Waals surface area contributed by atoms with E-state index in [0.717, 1.165) is 12.2 Å². The molecule has 88 valence electrons. The summed E-state index contributed by atoms with van der Waals surface area (Å²) >= 11 is 1.75. The molecule has 15 heavy (non-hydrogen) atoms. The molecule has 5 nitrogen and oxygen atoms in total. The zero-order valence-electron chi connectivity index (χ0n) is 9.43. The van der Waals surface area contributed by atoms with Crippen LogP contribution in [0, 0.1) is 0 Å². The van der Waals surface area contributed by atoms with Crippen LogP contribution in [0.5, 0.6) is 0 Å². The number of amides is 1. The molecule has 0 aliphatic rings. The Balaban J connectivity index is 4.07. The topological polar surface area (TPSA) is 78.9 Å². The number of hydrogen-bond donors (Lipinski definition) is 2. The van der Waals surface area contributed by atoms with Crippen molar-refractivity contribution >= 4 is 23.5 Å². The van der Waals surface area contributed by atoms with Crippen LogP contribution < -0.4 is 5.73 Å². The number of carbonyl (C=O) groups is 1. The number of oxime groups is 1. The summed E-state index contributed by atoms with van der Waals surface area (Å²) in [5.41, 5.74) is 5.26. The second-order valence-corrected chi connectivity index (χ2v) is 4.39. The van der Waals surface area contributed by atoms with Crippen molar-refractivity contribution < 1.29 is 10.0 Å². The average Bonchev–Trinajstić information content (AvgIpc) is 2.24. The van der Waals surface area contributed by atoms with Crippen molar-refractivity contribution in [2.45, 2.75) is 25.8 Å². The lowest BCUT2D eigenvalue weighted by Gasteiger charge is -2.24. The molecule has 0 radical (unpaired) electrons. The fourth-order valence-electron chi connectivity index (χ4n) is 1.04. The van der Waals surface area contributed by atoms with Gasteiger partial charge in [-0.25, -0.2) is 0 Å². The zero-order valence-corrected chi connectivity index (χ0v) is 10.3. The second kappa shape index (κ2) is 7.39. The molecule has 0 spiro atoms. The molecule has 1 amide bonds. The lowest BCUT2D eigenvalue weighted by Crippen LogP contribution is -2.37. The van der Waals surface area contributed by atoms with Gasteiger partial charge >= 0.3 is 0 Å². The third kappa shape index (κ3) is 5.51. The highest BCUT2D eigenvalue weighted by Gasteiger charge is 2.16. The molecule has 6 heteroatoms. The third-order valence-electron chi connectivity index (χ3n) is 2.26. The fourth-order valence-corrected chi connectivity index (χ4v) is 1.62. The van der Waals surface area contributed by atoms with Gasteiger partial charge in [0.2, 0.25) is 5.91 Å². The Bertz CT molecular complexity index is 233. The number of amidine groups is 1. The molecule has 0 aliphatic heterocycles. The third-order valence-corrected chi connectivity index (χ3v) is 2.90. The SMILES string of the molecule is CSCCC(C)N(C)C(=O)CC(N)=NO. The predicted octanol–water partition coefficient (Wildman–Crippen LogP) is 0.723. The van der Waals surface area contributed by atoms with E-state index in [2.05, 4.69) is 5.16 Å². The molecule has 0 heterocycles. The monoisotopic (exact) mass is 233 g/mol. The number of nitrogens with two attached hydrogens (primary N) is 1. The van der Waals surface area contributed by atoms with Crippen LogP contribution in [0.15, 0.2) is 5.16 Å². The Kier molecular flexibility index (Phi) is 6.94. The minimum atomic E-state index is -0.126. The summed E-state index contributed by atoms with van der Waals surface area (Å²) in [5.74, 6) is 0.838. The first kappa shape index (κ1) is 14.1. The number of hydrogen-bond acceptors (Lipinski definition) is 4. The van der Waals surface area contributed by atoms with Gasteiger partial charge in [0, 0.05) is 13.1 Å². The van der Waals surface area contributed by atoms with Gasteiger partial charge in [-0.1, -0.05) is 5.16 Å². The summed E-state index contributed by atoms with van der Waals surface area (Å²) in [6.45, 7) is 1.99. The Morgan fingerprint density at radius 1 is 1.67 bits per heavy atom. The highest BCUT2D eigenvalue weighted by atomic mass is 32.2. The molecule has 0 saturated heterocycles. The van der Waals surface area contributed by atoms with Crippen LogP contribution in [0.4, 0.5) is 0 Å². The standard InChI is InChI=1S/C9H19N3O2S/c1-7(4-5-15-3)12(2)9(13)6-8(10)11-14/h7,14H,4-6H2,1-3H3,(H2,10,11). The maximum absolute atomic E-state index is 11.6. The summed E-state index contributed by atoms with van der Waals surface area (Å²) in [5, 5.41) is 11.1. The average molecular weight is 233 g/mol. The van der Waals surface area contributed by atoms with Gasteiger partial charge in [-0.2, -0.15) is 11.8 Å². The van der Waals surface area contributed by atoms with Crippen molar-refractivity contribution in [3.8, 4) is 0 Å².